The van der Waals surface area contributed by atoms with Crippen LogP contribution in [0.3, 0.4) is 0 Å². The maximum Gasteiger partial charge on any atom is 0.159 e. The van der Waals surface area contributed by atoms with Crippen LogP contribution in [0.1, 0.15) is 140 Å². The van der Waals surface area contributed by atoms with Crippen LogP contribution in [0, 0.1) is 0 Å². The molecule has 2 aliphatic carbocycles. The Balaban J connectivity index is 1.06. The molecular weight excluding hydrogens is 925 g/mol. The number of para-hydroxylation sites is 6. The molecule has 0 unspecified atom stereocenters. The van der Waals surface area contributed by atoms with Crippen molar-refractivity contribution in [2.45, 2.75) is 128 Å². The minimum Gasteiger partial charge on any atom is -0.454 e. The topological polar surface area (TPSA) is 32.8 Å². The fourth-order valence-electron chi connectivity index (χ4n) is 14.0. The lowest BCUT2D eigenvalue weighted by molar-refractivity contribution is 0.442. The molecule has 2 aromatic heterocycles. The number of fused-ring (bicyclic) bond motifs is 6. The van der Waals surface area contributed by atoms with Gasteiger partial charge in [0, 0.05) is 43.7 Å². The van der Waals surface area contributed by atoms with Crippen LogP contribution in [0.4, 0.5) is 34.1 Å². The third-order valence-corrected chi connectivity index (χ3v) is 17.6. The van der Waals surface area contributed by atoms with E-state index in [4.69, 9.17) is 8.83 Å². The highest BCUT2D eigenvalue weighted by Gasteiger charge is 2.32. The highest BCUT2D eigenvalue weighted by molar-refractivity contribution is 6.30. The Labute approximate surface area is 447 Å². The van der Waals surface area contributed by atoms with Gasteiger partial charge >= 0.3 is 0 Å². The number of anilines is 6. The molecule has 0 N–H and O–H groups in total. The lowest BCUT2D eigenvalue weighted by Gasteiger charge is -2.33. The van der Waals surface area contributed by atoms with Gasteiger partial charge in [-0.05, 0) is 141 Å². The Morgan fingerprint density at radius 2 is 0.684 bits per heavy atom. The largest absolute Gasteiger partial charge is 0.454 e. The van der Waals surface area contributed by atoms with Gasteiger partial charge in [-0.15, -0.1) is 0 Å². The molecule has 0 radical (unpaired) electrons. The summed E-state index contributed by atoms with van der Waals surface area (Å²) in [6, 6.07) is 63.9. The molecule has 4 heteroatoms. The summed E-state index contributed by atoms with van der Waals surface area (Å²) in [6.45, 7) is 14.2. The van der Waals surface area contributed by atoms with Crippen molar-refractivity contribution in [3.8, 4) is 0 Å². The van der Waals surface area contributed by atoms with Gasteiger partial charge in [0.2, 0.25) is 0 Å². The maximum absolute atomic E-state index is 7.33. The first-order chi connectivity index (χ1) is 37.0. The van der Waals surface area contributed by atoms with E-state index in [9.17, 15) is 0 Å². The third kappa shape index (κ3) is 7.53. The van der Waals surface area contributed by atoms with Crippen molar-refractivity contribution in [2.24, 2.45) is 0 Å². The molecule has 0 saturated heterocycles. The van der Waals surface area contributed by atoms with Crippen molar-refractivity contribution in [1.82, 2.24) is 0 Å². The molecule has 2 fully saturated rings. The fourth-order valence-corrected chi connectivity index (χ4v) is 14.0. The molecule has 12 aromatic rings. The summed E-state index contributed by atoms with van der Waals surface area (Å²) < 4.78 is 14.7. The van der Waals surface area contributed by atoms with Crippen LogP contribution in [0.2, 0.25) is 0 Å². The molecular formula is C72H68N2O2. The van der Waals surface area contributed by atoms with Crippen molar-refractivity contribution in [2.75, 3.05) is 9.80 Å². The van der Waals surface area contributed by atoms with Crippen molar-refractivity contribution >= 4 is 110 Å². The second-order valence-corrected chi connectivity index (χ2v) is 24.4. The van der Waals surface area contributed by atoms with Crippen LogP contribution in [-0.2, 0) is 10.8 Å². The summed E-state index contributed by atoms with van der Waals surface area (Å²) in [7, 11) is 0. The Kier molecular flexibility index (Phi) is 11.1. The first-order valence-electron chi connectivity index (χ1n) is 28.4. The van der Waals surface area contributed by atoms with Crippen LogP contribution in [0.5, 0.6) is 0 Å². The summed E-state index contributed by atoms with van der Waals surface area (Å²) in [5, 5.41) is 12.3. The normalized spacial score (nSPS) is 15.4. The third-order valence-electron chi connectivity index (χ3n) is 17.6. The highest BCUT2D eigenvalue weighted by Crippen LogP contribution is 2.54. The molecule has 0 atom stereocenters. The molecule has 4 nitrogen and oxygen atoms in total. The number of furan rings is 2. The molecule has 0 aliphatic heterocycles. The van der Waals surface area contributed by atoms with Gasteiger partial charge in [-0.1, -0.05) is 201 Å². The summed E-state index contributed by atoms with van der Waals surface area (Å²) in [5.41, 5.74) is 15.4. The molecule has 0 amide bonds. The second kappa shape index (κ2) is 18.0. The van der Waals surface area contributed by atoms with Crippen LogP contribution in [-0.4, -0.2) is 0 Å². The zero-order valence-electron chi connectivity index (χ0n) is 45.1. The van der Waals surface area contributed by atoms with Crippen molar-refractivity contribution in [1.29, 1.82) is 0 Å². The van der Waals surface area contributed by atoms with E-state index in [2.05, 4.69) is 221 Å². The maximum atomic E-state index is 7.33. The summed E-state index contributed by atoms with van der Waals surface area (Å²) >= 11 is 0. The summed E-state index contributed by atoms with van der Waals surface area (Å²) in [5.74, 6) is 1.04. The van der Waals surface area contributed by atoms with Crippen LogP contribution in [0.15, 0.2) is 179 Å². The van der Waals surface area contributed by atoms with Crippen LogP contribution >= 0.6 is 0 Å². The molecule has 0 bridgehead atoms. The zero-order chi connectivity index (χ0) is 51.5. The molecule has 0 spiro atoms. The molecule has 2 heterocycles. The predicted octanol–water partition coefficient (Wildman–Crippen LogP) is 22.0. The number of nitrogens with zero attached hydrogens (tertiary/aromatic N) is 2. The summed E-state index contributed by atoms with van der Waals surface area (Å²) in [4.78, 5) is 5.00. The fraction of sp³-hybridized carbons (Fsp3) is 0.278. The first-order valence-corrected chi connectivity index (χ1v) is 28.4. The minimum absolute atomic E-state index is 0.196. The zero-order valence-corrected chi connectivity index (χ0v) is 45.1. The van der Waals surface area contributed by atoms with Gasteiger partial charge in [0.15, 0.2) is 11.2 Å². The molecule has 378 valence electrons. The number of rotatable bonds is 8. The monoisotopic (exact) mass is 993 g/mol. The van der Waals surface area contributed by atoms with Gasteiger partial charge in [0.05, 0.1) is 22.7 Å². The van der Waals surface area contributed by atoms with Gasteiger partial charge in [0.25, 0.3) is 0 Å². The summed E-state index contributed by atoms with van der Waals surface area (Å²) in [6.07, 6.45) is 12.6. The van der Waals surface area contributed by atoms with Crippen molar-refractivity contribution < 1.29 is 8.83 Å². The standard InChI is InChI=1S/C72H68N2O2/c1-71(2,3)59-43-63(73(47-27-15-9-16-28-47)61-37-21-35-53-51-33-19-31-49(67(51)75-69(53)61)45-23-11-7-12-24-45)57-42-40-56-60(72(4,5)6)44-64(58-41-39-55(59)65(57)66(56)58)74(48-29-17-10-18-30-48)62-38-22-36-54-52-34-20-32-50(68(52)76-70(54)62)46-25-13-8-14-26-46/h9-10,15-22,27-46H,7-8,11-14,23-26H2,1-6H3. The van der Waals surface area contributed by atoms with E-state index in [0.717, 1.165) is 67.2 Å². The van der Waals surface area contributed by atoms with E-state index in [1.54, 1.807) is 0 Å². The van der Waals surface area contributed by atoms with E-state index >= 15 is 0 Å². The van der Waals surface area contributed by atoms with Gasteiger partial charge < -0.3 is 18.6 Å². The van der Waals surface area contributed by atoms with E-state index in [1.165, 1.54) is 130 Å². The SMILES string of the molecule is CC(C)(C)c1cc(N(c2ccccc2)c2cccc3c2oc2c(C4CCCCC4)cccc23)c2ccc3c(C(C)(C)C)cc(N(c4ccccc4)c4cccc5c4oc4c(C6CCCCC6)cccc45)c4ccc1c2c43. The first kappa shape index (κ1) is 46.9. The average molecular weight is 993 g/mol. The van der Waals surface area contributed by atoms with Crippen molar-refractivity contribution in [3.63, 3.8) is 0 Å². The van der Waals surface area contributed by atoms with E-state index in [0.29, 0.717) is 11.8 Å². The average Bonchev–Trinajstić information content (AvgIpc) is 4.17. The number of benzene rings is 10. The van der Waals surface area contributed by atoms with Crippen LogP contribution < -0.4 is 9.80 Å². The van der Waals surface area contributed by atoms with Gasteiger partial charge in [-0.3, -0.25) is 0 Å². The Morgan fingerprint density at radius 3 is 1.07 bits per heavy atom. The lowest BCUT2D eigenvalue weighted by atomic mass is 9.77. The number of hydrogen-bond donors (Lipinski definition) is 0. The molecule has 2 aliphatic rings. The van der Waals surface area contributed by atoms with E-state index in [-0.39, 0.29) is 10.8 Å². The van der Waals surface area contributed by atoms with Gasteiger partial charge in [-0.2, -0.15) is 0 Å². The highest BCUT2D eigenvalue weighted by atomic mass is 16.3. The second-order valence-electron chi connectivity index (χ2n) is 24.4. The van der Waals surface area contributed by atoms with E-state index < -0.39 is 0 Å². The van der Waals surface area contributed by atoms with Gasteiger partial charge in [-0.25, -0.2) is 0 Å². The predicted molar refractivity (Wildman–Crippen MR) is 323 cm³/mol. The van der Waals surface area contributed by atoms with E-state index in [1.807, 2.05) is 0 Å². The lowest BCUT2D eigenvalue weighted by Crippen LogP contribution is -2.17. The molecule has 2 saturated carbocycles. The number of hydrogen-bond acceptors (Lipinski definition) is 4. The van der Waals surface area contributed by atoms with Crippen LogP contribution in [0.25, 0.3) is 76.2 Å². The molecule has 10 aromatic carbocycles. The minimum atomic E-state index is -0.196. The quantitative estimate of drug-likeness (QED) is 0.142. The van der Waals surface area contributed by atoms with Gasteiger partial charge in [0.1, 0.15) is 11.2 Å². The Bertz CT molecular complexity index is 3880. The Hall–Kier alpha value is -7.56. The smallest absolute Gasteiger partial charge is 0.159 e. The molecule has 76 heavy (non-hydrogen) atoms. The van der Waals surface area contributed by atoms with Crippen molar-refractivity contribution in [3.05, 3.63) is 192 Å². The Morgan fingerprint density at radius 1 is 0.329 bits per heavy atom. The molecule has 14 rings (SSSR count).